The van der Waals surface area contributed by atoms with Gasteiger partial charge in [-0.15, -0.1) is 0 Å². The van der Waals surface area contributed by atoms with Gasteiger partial charge in [-0.25, -0.2) is 8.42 Å². The van der Waals surface area contributed by atoms with Crippen molar-refractivity contribution in [3.8, 4) is 23.0 Å². The fourth-order valence-corrected chi connectivity index (χ4v) is 3.99. The molecule has 0 aliphatic heterocycles. The Morgan fingerprint density at radius 3 is 2.06 bits per heavy atom. The number of benzene rings is 2. The van der Waals surface area contributed by atoms with Crippen molar-refractivity contribution in [3.05, 3.63) is 46.9 Å². The molecule has 9 nitrogen and oxygen atoms in total. The summed E-state index contributed by atoms with van der Waals surface area (Å²) in [5.74, 6) is 1.02. The number of carbonyl (C=O) groups is 1. The maximum atomic E-state index is 12.7. The highest BCUT2D eigenvalue weighted by atomic mass is 32.2. The molecular weight excluding hydrogens is 438 g/mol. The predicted octanol–water partition coefficient (Wildman–Crippen LogP) is 2.89. The summed E-state index contributed by atoms with van der Waals surface area (Å²) in [6.45, 7) is -0.0793. The van der Waals surface area contributed by atoms with Gasteiger partial charge in [0.15, 0.2) is 21.3 Å². The first kappa shape index (κ1) is 24.9. The normalized spacial score (nSPS) is 11.2. The zero-order valence-electron chi connectivity index (χ0n) is 18.6. The zero-order valence-corrected chi connectivity index (χ0v) is 19.4. The van der Waals surface area contributed by atoms with Gasteiger partial charge in [-0.3, -0.25) is 4.79 Å². The molecule has 1 N–H and O–H groups in total. The molecule has 0 atom stereocenters. The molecule has 0 bridgehead atoms. The average molecular weight is 466 g/mol. The van der Waals surface area contributed by atoms with Crippen molar-refractivity contribution in [3.63, 3.8) is 0 Å². The van der Waals surface area contributed by atoms with Crippen molar-refractivity contribution < 1.29 is 36.9 Å². The molecule has 0 amide bonds. The average Bonchev–Trinajstić information content (AvgIpc) is 2.80. The van der Waals surface area contributed by atoms with E-state index in [4.69, 9.17) is 18.9 Å². The van der Waals surface area contributed by atoms with Gasteiger partial charge in [0.1, 0.15) is 12.3 Å². The Kier molecular flexibility index (Phi) is 8.77. The monoisotopic (exact) mass is 465 g/mol. The second-order valence-electron chi connectivity index (χ2n) is 6.53. The summed E-state index contributed by atoms with van der Waals surface area (Å²) in [5.41, 5.74) is 1.57. The molecule has 0 radical (unpaired) electrons. The van der Waals surface area contributed by atoms with E-state index in [1.165, 1.54) is 41.6 Å². The number of hydrogen-bond donors (Lipinski definition) is 1. The van der Waals surface area contributed by atoms with Gasteiger partial charge in [-0.05, 0) is 41.5 Å². The standard InChI is InChI=1S/C22H27NO8S/c1-27-18-7-6-16(10-17(18)23-13-21(24)30-4)14-32(25,26)9-8-15-11-19(28-2)22(31-5)20(12-15)29-3/h6-12,23H,13-14H2,1-5H3/b9-8+. The van der Waals surface area contributed by atoms with Crippen LogP contribution in [0.5, 0.6) is 23.0 Å². The predicted molar refractivity (Wildman–Crippen MR) is 121 cm³/mol. The van der Waals surface area contributed by atoms with Crippen LogP contribution in [-0.4, -0.2) is 56.5 Å². The number of ether oxygens (including phenoxy) is 5. The van der Waals surface area contributed by atoms with Gasteiger partial charge >= 0.3 is 5.97 Å². The number of anilines is 1. The largest absolute Gasteiger partial charge is 0.495 e. The minimum atomic E-state index is -3.61. The summed E-state index contributed by atoms with van der Waals surface area (Å²) in [4.78, 5) is 11.4. The van der Waals surface area contributed by atoms with Crippen molar-refractivity contribution in [1.29, 1.82) is 0 Å². The van der Waals surface area contributed by atoms with Crippen LogP contribution in [0.4, 0.5) is 5.69 Å². The SMILES string of the molecule is COC(=O)CNc1cc(CS(=O)(=O)/C=C/c2cc(OC)c(OC)c(OC)c2)ccc1OC. The molecule has 0 aliphatic carbocycles. The van der Waals surface area contributed by atoms with E-state index in [-0.39, 0.29) is 12.3 Å². The fourth-order valence-electron chi connectivity index (χ4n) is 2.88. The number of esters is 1. The molecule has 0 aliphatic rings. The third-order valence-corrected chi connectivity index (χ3v) is 5.72. The summed E-state index contributed by atoms with van der Waals surface area (Å²) in [7, 11) is 3.61. The van der Waals surface area contributed by atoms with E-state index >= 15 is 0 Å². The van der Waals surface area contributed by atoms with Gasteiger partial charge in [0.25, 0.3) is 0 Å². The van der Waals surface area contributed by atoms with Crippen LogP contribution in [0.15, 0.2) is 35.7 Å². The van der Waals surface area contributed by atoms with Crippen LogP contribution >= 0.6 is 0 Å². The smallest absolute Gasteiger partial charge is 0.325 e. The Balaban J connectivity index is 2.25. The first-order chi connectivity index (χ1) is 15.3. The summed E-state index contributed by atoms with van der Waals surface area (Å²) in [6, 6.07) is 8.19. The van der Waals surface area contributed by atoms with Crippen LogP contribution in [0.1, 0.15) is 11.1 Å². The lowest BCUT2D eigenvalue weighted by Gasteiger charge is -2.13. The highest BCUT2D eigenvalue weighted by Crippen LogP contribution is 2.38. The Morgan fingerprint density at radius 1 is 0.906 bits per heavy atom. The van der Waals surface area contributed by atoms with Crippen LogP contribution in [0.3, 0.4) is 0 Å². The molecule has 32 heavy (non-hydrogen) atoms. The summed E-state index contributed by atoms with van der Waals surface area (Å²) in [5, 5.41) is 4.01. The molecule has 0 unspecified atom stereocenters. The molecule has 174 valence electrons. The van der Waals surface area contributed by atoms with Gasteiger partial charge in [0.05, 0.1) is 47.0 Å². The first-order valence-corrected chi connectivity index (χ1v) is 11.2. The highest BCUT2D eigenvalue weighted by molar-refractivity contribution is 7.93. The van der Waals surface area contributed by atoms with Crippen molar-refractivity contribution in [2.45, 2.75) is 5.75 Å². The number of methoxy groups -OCH3 is 5. The quantitative estimate of drug-likeness (QED) is 0.501. The summed E-state index contributed by atoms with van der Waals surface area (Å²) >= 11 is 0. The van der Waals surface area contributed by atoms with Crippen LogP contribution in [0.25, 0.3) is 6.08 Å². The molecule has 0 saturated carbocycles. The van der Waals surface area contributed by atoms with Gasteiger partial charge in [-0.2, -0.15) is 0 Å². The second kappa shape index (κ2) is 11.3. The minimum Gasteiger partial charge on any atom is -0.495 e. The third kappa shape index (κ3) is 6.55. The van der Waals surface area contributed by atoms with E-state index in [0.29, 0.717) is 39.8 Å². The molecule has 2 aromatic rings. The first-order valence-electron chi connectivity index (χ1n) is 9.45. The van der Waals surface area contributed by atoms with Gasteiger partial charge in [-0.1, -0.05) is 6.07 Å². The van der Waals surface area contributed by atoms with E-state index in [1.807, 2.05) is 0 Å². The number of sulfone groups is 1. The molecule has 2 rings (SSSR count). The van der Waals surface area contributed by atoms with E-state index in [0.717, 1.165) is 5.41 Å². The molecule has 0 aromatic heterocycles. The Morgan fingerprint density at radius 2 is 1.53 bits per heavy atom. The topological polar surface area (TPSA) is 109 Å². The number of rotatable bonds is 11. The Bertz CT molecular complexity index is 1050. The zero-order chi connectivity index (χ0) is 23.7. The van der Waals surface area contributed by atoms with Gasteiger partial charge < -0.3 is 29.0 Å². The van der Waals surface area contributed by atoms with E-state index in [9.17, 15) is 13.2 Å². The van der Waals surface area contributed by atoms with Crippen LogP contribution in [0.2, 0.25) is 0 Å². The molecule has 10 heteroatoms. The Hall–Kier alpha value is -3.40. The fraction of sp³-hybridized carbons (Fsp3) is 0.318. The van der Waals surface area contributed by atoms with Crippen molar-refractivity contribution in [1.82, 2.24) is 0 Å². The van der Waals surface area contributed by atoms with Crippen LogP contribution in [0, 0.1) is 0 Å². The second-order valence-corrected chi connectivity index (χ2v) is 8.42. The molecule has 0 fully saturated rings. The summed E-state index contributed by atoms with van der Waals surface area (Å²) in [6.07, 6.45) is 1.46. The van der Waals surface area contributed by atoms with E-state index in [2.05, 4.69) is 10.1 Å². The highest BCUT2D eigenvalue weighted by Gasteiger charge is 2.14. The van der Waals surface area contributed by atoms with Gasteiger partial charge in [0.2, 0.25) is 5.75 Å². The Labute approximate surface area is 187 Å². The lowest BCUT2D eigenvalue weighted by atomic mass is 10.2. The molecule has 0 saturated heterocycles. The molecule has 0 heterocycles. The van der Waals surface area contributed by atoms with Crippen LogP contribution in [-0.2, 0) is 25.1 Å². The maximum Gasteiger partial charge on any atom is 0.325 e. The van der Waals surface area contributed by atoms with Crippen LogP contribution < -0.4 is 24.3 Å². The lowest BCUT2D eigenvalue weighted by Crippen LogP contribution is -2.15. The molecular formula is C22H27NO8S. The minimum absolute atomic E-state index is 0.0793. The number of carbonyl (C=O) groups excluding carboxylic acids is 1. The third-order valence-electron chi connectivity index (χ3n) is 4.44. The number of nitrogens with one attached hydrogen (secondary N) is 1. The van der Waals surface area contributed by atoms with Crippen molar-refractivity contribution in [2.75, 3.05) is 47.4 Å². The van der Waals surface area contributed by atoms with E-state index < -0.39 is 15.8 Å². The maximum absolute atomic E-state index is 12.7. The van der Waals surface area contributed by atoms with Crippen molar-refractivity contribution >= 4 is 27.6 Å². The molecule has 2 aromatic carbocycles. The summed E-state index contributed by atoms with van der Waals surface area (Å²) < 4.78 is 51.1. The van der Waals surface area contributed by atoms with Crippen molar-refractivity contribution in [2.24, 2.45) is 0 Å². The number of hydrogen-bond acceptors (Lipinski definition) is 9. The van der Waals surface area contributed by atoms with E-state index in [1.54, 1.807) is 30.3 Å². The lowest BCUT2D eigenvalue weighted by molar-refractivity contribution is -0.138. The van der Waals surface area contributed by atoms with Gasteiger partial charge in [0, 0.05) is 5.41 Å². The molecule has 0 spiro atoms.